The maximum atomic E-state index is 12.7. The molecule has 4 fully saturated rings. The number of thioether (sulfide) groups is 2. The van der Waals surface area contributed by atoms with Gasteiger partial charge in [0.15, 0.2) is 0 Å². The first kappa shape index (κ1) is 81.6. The lowest BCUT2D eigenvalue weighted by atomic mass is 9.87. The van der Waals surface area contributed by atoms with Crippen LogP contribution in [0.3, 0.4) is 0 Å². The zero-order valence-corrected chi connectivity index (χ0v) is 61.8. The largest absolute Gasteiger partial charge is 0.444 e. The van der Waals surface area contributed by atoms with Gasteiger partial charge in [0.2, 0.25) is 0 Å². The second kappa shape index (κ2) is 43.4. The van der Waals surface area contributed by atoms with Crippen LogP contribution >= 0.6 is 36.2 Å². The third-order valence-corrected chi connectivity index (χ3v) is 19.6. The van der Waals surface area contributed by atoms with Crippen molar-refractivity contribution < 1.29 is 46.3 Å². The number of hydrogen-bond acceptors (Lipinski definition) is 14. The molecule has 7 rings (SSSR count). The highest BCUT2D eigenvalue weighted by Crippen LogP contribution is 2.32. The normalized spacial score (nSPS) is 21.8. The molecule has 4 aliphatic carbocycles. The van der Waals surface area contributed by atoms with Crippen LogP contribution in [0.25, 0.3) is 0 Å². The molecule has 0 atom stereocenters. The number of amides is 3. The summed E-state index contributed by atoms with van der Waals surface area (Å²) in [7, 11) is -3.50. The van der Waals surface area contributed by atoms with Gasteiger partial charge >= 0.3 is 18.3 Å². The Morgan fingerprint density at radius 3 is 1.13 bits per heavy atom. The Hall–Kier alpha value is -3.65. The number of ether oxygens (including phenoxy) is 3. The van der Waals surface area contributed by atoms with Gasteiger partial charge in [-0.25, -0.2) is 14.4 Å². The molecule has 0 heterocycles. The van der Waals surface area contributed by atoms with Crippen molar-refractivity contribution in [1.82, 2.24) is 20.0 Å². The van der Waals surface area contributed by atoms with Gasteiger partial charge in [-0.1, -0.05) is 119 Å². The summed E-state index contributed by atoms with van der Waals surface area (Å²) in [5, 5.41) is 12.8. The van der Waals surface area contributed by atoms with E-state index in [0.717, 1.165) is 130 Å². The summed E-state index contributed by atoms with van der Waals surface area (Å²) >= 11 is 8.03. The van der Waals surface area contributed by atoms with Gasteiger partial charge in [0, 0.05) is 79.1 Å². The van der Waals surface area contributed by atoms with Gasteiger partial charge in [-0.3, -0.25) is 4.18 Å². The van der Waals surface area contributed by atoms with Crippen LogP contribution in [0.2, 0.25) is 0 Å². The minimum atomic E-state index is -3.50. The van der Waals surface area contributed by atoms with Crippen LogP contribution < -0.4 is 5.32 Å². The number of nitrogens with one attached hydrogen (secondary N) is 1. The molecule has 2 N–H and O–H groups in total. The van der Waals surface area contributed by atoms with Crippen molar-refractivity contribution in [2.45, 2.75) is 251 Å². The Balaban J connectivity index is 0.000000306. The fraction of sp³-hybridized carbons (Fsp3) is 0.712. The molecule has 18 heteroatoms. The summed E-state index contributed by atoms with van der Waals surface area (Å²) < 4.78 is 43.4. The lowest BCUT2D eigenvalue weighted by Gasteiger charge is -2.37. The highest BCUT2D eigenvalue weighted by Gasteiger charge is 2.34. The van der Waals surface area contributed by atoms with E-state index in [0.29, 0.717) is 18.5 Å². The molecule has 0 unspecified atom stereocenters. The molecule has 0 aliphatic heterocycles. The minimum Gasteiger partial charge on any atom is -0.444 e. The molecule has 518 valence electrons. The van der Waals surface area contributed by atoms with Crippen molar-refractivity contribution in [1.29, 1.82) is 0 Å². The molecule has 4 aliphatic rings. The summed E-state index contributed by atoms with van der Waals surface area (Å²) in [6.07, 6.45) is 18.7. The number of aliphatic hydroxyl groups excluding tert-OH is 1. The molecule has 4 saturated carbocycles. The molecule has 14 nitrogen and oxygen atoms in total. The second-order valence-corrected chi connectivity index (χ2v) is 32.8. The first-order valence-electron chi connectivity index (χ1n) is 34.0. The van der Waals surface area contributed by atoms with Crippen molar-refractivity contribution in [3.05, 3.63) is 108 Å². The highest BCUT2D eigenvalue weighted by molar-refractivity contribution is 7.98. The first-order valence-corrected chi connectivity index (χ1v) is 38.7. The van der Waals surface area contributed by atoms with Crippen molar-refractivity contribution in [3.63, 3.8) is 0 Å². The fourth-order valence-corrected chi connectivity index (χ4v) is 13.7. The Bertz CT molecular complexity index is 2500. The van der Waals surface area contributed by atoms with Gasteiger partial charge in [0.05, 0.1) is 19.5 Å². The van der Waals surface area contributed by atoms with E-state index in [1.807, 2.05) is 115 Å². The fourth-order valence-electron chi connectivity index (χ4n) is 11.4. The molecule has 3 aromatic rings. The Morgan fingerprint density at radius 2 is 0.813 bits per heavy atom. The molecule has 0 aromatic heterocycles. The van der Waals surface area contributed by atoms with Gasteiger partial charge in [0.25, 0.3) is 10.1 Å². The van der Waals surface area contributed by atoms with Crippen LogP contribution in [0.4, 0.5) is 14.4 Å². The smallest absolute Gasteiger partial charge is 0.410 e. The average molecular weight is 1340 g/mol. The molecule has 0 spiro atoms. The molecular weight excluding hydrogens is 1220 g/mol. The maximum Gasteiger partial charge on any atom is 0.410 e. The van der Waals surface area contributed by atoms with Gasteiger partial charge in [0.1, 0.15) is 16.8 Å². The summed E-state index contributed by atoms with van der Waals surface area (Å²) in [6, 6.07) is 32.9. The number of hydrogen-bond donors (Lipinski definition) is 3. The van der Waals surface area contributed by atoms with Gasteiger partial charge in [-0.15, -0.1) is 0 Å². The predicted octanol–water partition coefficient (Wildman–Crippen LogP) is 17.5. The molecule has 0 bridgehead atoms. The van der Waals surface area contributed by atoms with Gasteiger partial charge in [-0.05, 0) is 205 Å². The lowest BCUT2D eigenvalue weighted by molar-refractivity contribution is 0.00621. The number of carbonyl (C=O) groups excluding carboxylic acids is 3. The second-order valence-electron chi connectivity index (χ2n) is 28.6. The Labute approximate surface area is 566 Å². The van der Waals surface area contributed by atoms with Crippen LogP contribution in [-0.2, 0) is 45.8 Å². The standard InChI is InChI=1S/C21H33NO2S.C16H25NS.C15H29NO5S.C14H27NO3.C7H8S/c1-17-10-12-19(13-11-17)22(20(23)24-21(2,3)4)14-15-25-16-18-8-6-5-7-9-18;1-14-7-9-16(10-8-14)17-11-12-18-13-15-5-3-2-4-6-15;1-12-6-8-13(9-7-12)16(10-11-20-22(5,18)19)14(17)21-15(2,3)4;1-11-5-7-12(8-6-11)15(9-10-16)13(17)18-14(2,3)4;8-6-7-4-2-1-3-5-7/h5-9,17,19H,10-16H2,1-4H3;2-6,14,16-17H,7-13H2,1H3;12-13H,6-11H2,1-5H3;11-12,16H,5-10H2,1-4H3;1-5,8H,6H2. The van der Waals surface area contributed by atoms with Crippen molar-refractivity contribution >= 4 is 64.6 Å². The van der Waals surface area contributed by atoms with E-state index in [-0.39, 0.29) is 44.0 Å². The van der Waals surface area contributed by atoms with E-state index in [4.69, 9.17) is 23.5 Å². The van der Waals surface area contributed by atoms with Crippen LogP contribution in [0.5, 0.6) is 0 Å². The maximum absolute atomic E-state index is 12.7. The Morgan fingerprint density at radius 1 is 0.495 bits per heavy atom. The average Bonchev–Trinajstić information content (AvgIpc) is 3.23. The zero-order valence-electron chi connectivity index (χ0n) is 58.5. The number of nitrogens with zero attached hydrogens (tertiary/aromatic N) is 3. The molecular formula is C73H122N4O10S4. The summed E-state index contributed by atoms with van der Waals surface area (Å²) in [5.41, 5.74) is 2.56. The lowest BCUT2D eigenvalue weighted by Crippen LogP contribution is -2.46. The third kappa shape index (κ3) is 38.5. The van der Waals surface area contributed by atoms with Crippen LogP contribution in [0.1, 0.15) is 209 Å². The number of aliphatic hydroxyl groups is 1. The third-order valence-electron chi connectivity index (χ3n) is 16.6. The number of rotatable bonds is 21. The van der Waals surface area contributed by atoms with Crippen molar-refractivity contribution in [2.75, 3.05) is 57.2 Å². The Kier molecular flexibility index (Phi) is 38.9. The number of carbonyl (C=O) groups is 3. The van der Waals surface area contributed by atoms with Crippen LogP contribution in [0.15, 0.2) is 91.0 Å². The number of benzene rings is 3. The molecule has 0 saturated heterocycles. The summed E-state index contributed by atoms with van der Waals surface area (Å²) in [4.78, 5) is 42.5. The predicted molar refractivity (Wildman–Crippen MR) is 385 cm³/mol. The van der Waals surface area contributed by atoms with Crippen LogP contribution in [-0.4, -0.2) is 145 Å². The zero-order chi connectivity index (χ0) is 67.5. The monoisotopic (exact) mass is 1340 g/mol. The van der Waals surface area contributed by atoms with E-state index in [1.54, 1.807) is 9.80 Å². The van der Waals surface area contributed by atoms with E-state index in [1.165, 1.54) is 61.0 Å². The highest BCUT2D eigenvalue weighted by atomic mass is 32.2. The quantitative estimate of drug-likeness (QED) is 0.0400. The van der Waals surface area contributed by atoms with Crippen molar-refractivity contribution in [2.24, 2.45) is 23.7 Å². The van der Waals surface area contributed by atoms with E-state index >= 15 is 0 Å². The molecule has 3 amide bonds. The van der Waals surface area contributed by atoms with Gasteiger partial charge < -0.3 is 39.3 Å². The molecule has 91 heavy (non-hydrogen) atoms. The summed E-state index contributed by atoms with van der Waals surface area (Å²) in [5.74, 6) is 8.29. The van der Waals surface area contributed by atoms with E-state index in [9.17, 15) is 22.8 Å². The van der Waals surface area contributed by atoms with E-state index < -0.39 is 33.0 Å². The number of thiol groups is 1. The topological polar surface area (TPSA) is 164 Å². The molecule has 3 aromatic carbocycles. The molecule has 0 radical (unpaired) electrons. The van der Waals surface area contributed by atoms with Crippen molar-refractivity contribution in [3.8, 4) is 0 Å². The van der Waals surface area contributed by atoms with Gasteiger partial charge in [-0.2, -0.15) is 44.6 Å². The van der Waals surface area contributed by atoms with E-state index in [2.05, 4.69) is 112 Å². The SMILES string of the molecule is CC1CCC(N(CCO)C(=O)OC(C)(C)C)CC1.CC1CCC(N(CCOS(C)(=O)=O)C(=O)OC(C)(C)C)CC1.CC1CCC(N(CCSCc2ccccc2)C(=O)OC(C)(C)C)CC1.CC1CCC(NCCSCc2ccccc2)CC1.SCc1ccccc1. The summed E-state index contributed by atoms with van der Waals surface area (Å²) in [6.45, 7) is 28.5. The first-order chi connectivity index (χ1) is 42.9. The van der Waals surface area contributed by atoms with Crippen LogP contribution in [0, 0.1) is 23.7 Å². The minimum absolute atomic E-state index is 0.00863.